The molecule has 0 spiro atoms. The van der Waals surface area contributed by atoms with Crippen molar-refractivity contribution < 1.29 is 22.7 Å². The van der Waals surface area contributed by atoms with Gasteiger partial charge in [0.2, 0.25) is 10.0 Å². The lowest BCUT2D eigenvalue weighted by molar-refractivity contribution is -0.149. The van der Waals surface area contributed by atoms with Crippen molar-refractivity contribution >= 4 is 43.5 Å². The molecule has 0 atom stereocenters. The van der Waals surface area contributed by atoms with Crippen LogP contribution < -0.4 is 4.74 Å². The number of nitrogens with zero attached hydrogens (tertiary/aromatic N) is 1. The highest BCUT2D eigenvalue weighted by molar-refractivity contribution is 9.10. The number of rotatable bonds is 5. The van der Waals surface area contributed by atoms with Gasteiger partial charge in [0.25, 0.3) is 0 Å². The van der Waals surface area contributed by atoms with Crippen LogP contribution in [0.1, 0.15) is 19.8 Å². The van der Waals surface area contributed by atoms with Crippen molar-refractivity contribution in [2.45, 2.75) is 24.7 Å². The molecule has 1 heterocycles. The molecular formula is C15H19BrClNO5S. The summed E-state index contributed by atoms with van der Waals surface area (Å²) in [7, 11) is -2.37. The molecule has 0 amide bonds. The monoisotopic (exact) mass is 439 g/mol. The maximum absolute atomic E-state index is 12.9. The molecule has 1 aliphatic heterocycles. The zero-order valence-electron chi connectivity index (χ0n) is 13.4. The van der Waals surface area contributed by atoms with E-state index in [1.54, 1.807) is 13.0 Å². The van der Waals surface area contributed by atoms with E-state index in [0.717, 1.165) is 0 Å². The lowest BCUT2D eigenvalue weighted by atomic mass is 9.98. The Hall–Kier alpha value is -0.830. The van der Waals surface area contributed by atoms with Gasteiger partial charge in [-0.3, -0.25) is 4.79 Å². The van der Waals surface area contributed by atoms with E-state index in [0.29, 0.717) is 28.9 Å². The number of methoxy groups -OCH3 is 1. The molecule has 2 rings (SSSR count). The topological polar surface area (TPSA) is 72.9 Å². The predicted octanol–water partition coefficient (Wildman–Crippen LogP) is 3.07. The van der Waals surface area contributed by atoms with Crippen LogP contribution in [0.3, 0.4) is 0 Å². The Morgan fingerprint density at radius 2 is 2.00 bits per heavy atom. The molecule has 1 aromatic rings. The molecule has 134 valence electrons. The highest BCUT2D eigenvalue weighted by Gasteiger charge is 2.34. The number of halogens is 2. The first-order valence-electron chi connectivity index (χ1n) is 7.51. The van der Waals surface area contributed by atoms with Gasteiger partial charge < -0.3 is 9.47 Å². The summed E-state index contributed by atoms with van der Waals surface area (Å²) in [5.41, 5.74) is 0. The van der Waals surface area contributed by atoms with Crippen molar-refractivity contribution in [3.63, 3.8) is 0 Å². The standard InChI is InChI=1S/C15H19BrClNO5S/c1-3-23-15(19)10-4-6-18(7-5-10)24(20,21)13-9-11(17)8-12(16)14(13)22-2/h8-10H,3-7H2,1-2H3. The van der Waals surface area contributed by atoms with E-state index in [2.05, 4.69) is 15.9 Å². The summed E-state index contributed by atoms with van der Waals surface area (Å²) in [4.78, 5) is 11.8. The Balaban J connectivity index is 2.23. The van der Waals surface area contributed by atoms with Crippen molar-refractivity contribution in [2.24, 2.45) is 5.92 Å². The van der Waals surface area contributed by atoms with Crippen LogP contribution in [0.15, 0.2) is 21.5 Å². The minimum absolute atomic E-state index is 0.0129. The second-order valence-corrected chi connectivity index (χ2v) is 8.55. The van der Waals surface area contributed by atoms with Gasteiger partial charge in [-0.05, 0) is 47.8 Å². The minimum atomic E-state index is -3.77. The Kier molecular flexibility index (Phi) is 6.52. The Bertz CT molecular complexity index is 717. The minimum Gasteiger partial charge on any atom is -0.494 e. The van der Waals surface area contributed by atoms with Crippen molar-refractivity contribution in [2.75, 3.05) is 26.8 Å². The van der Waals surface area contributed by atoms with Gasteiger partial charge in [-0.25, -0.2) is 8.42 Å². The van der Waals surface area contributed by atoms with Gasteiger partial charge >= 0.3 is 5.97 Å². The zero-order chi connectivity index (χ0) is 17.9. The predicted molar refractivity (Wildman–Crippen MR) is 93.8 cm³/mol. The van der Waals surface area contributed by atoms with Gasteiger partial charge in [-0.15, -0.1) is 0 Å². The molecular weight excluding hydrogens is 422 g/mol. The normalized spacial score (nSPS) is 16.8. The van der Waals surface area contributed by atoms with Gasteiger partial charge in [-0.1, -0.05) is 11.6 Å². The summed E-state index contributed by atoms with van der Waals surface area (Å²) in [6.07, 6.45) is 0.865. The van der Waals surface area contributed by atoms with Crippen LogP contribution in [0.2, 0.25) is 5.02 Å². The van der Waals surface area contributed by atoms with Crippen molar-refractivity contribution in [1.29, 1.82) is 0 Å². The average Bonchev–Trinajstić information content (AvgIpc) is 2.54. The number of hydrogen-bond donors (Lipinski definition) is 0. The van der Waals surface area contributed by atoms with E-state index < -0.39 is 10.0 Å². The number of sulfonamides is 1. The molecule has 9 heteroatoms. The third kappa shape index (κ3) is 4.04. The van der Waals surface area contributed by atoms with Crippen LogP contribution in [0.4, 0.5) is 0 Å². The van der Waals surface area contributed by atoms with Crippen LogP contribution in [-0.4, -0.2) is 45.5 Å². The molecule has 1 aliphatic rings. The second kappa shape index (κ2) is 8.03. The third-order valence-electron chi connectivity index (χ3n) is 3.87. The lowest BCUT2D eigenvalue weighted by Crippen LogP contribution is -2.40. The highest BCUT2D eigenvalue weighted by Crippen LogP contribution is 2.37. The first kappa shape index (κ1) is 19.5. The van der Waals surface area contributed by atoms with Gasteiger partial charge in [0.15, 0.2) is 5.75 Å². The number of carbonyl (C=O) groups is 1. The van der Waals surface area contributed by atoms with E-state index >= 15 is 0 Å². The van der Waals surface area contributed by atoms with Crippen molar-refractivity contribution in [3.05, 3.63) is 21.6 Å². The summed E-state index contributed by atoms with van der Waals surface area (Å²) in [5.74, 6) is -0.311. The Morgan fingerprint density at radius 3 is 2.54 bits per heavy atom. The zero-order valence-corrected chi connectivity index (χ0v) is 16.6. The van der Waals surface area contributed by atoms with Crippen molar-refractivity contribution in [3.8, 4) is 5.75 Å². The summed E-state index contributed by atoms with van der Waals surface area (Å²) >= 11 is 9.26. The van der Waals surface area contributed by atoms with E-state index in [4.69, 9.17) is 21.1 Å². The average molecular weight is 441 g/mol. The maximum atomic E-state index is 12.9. The molecule has 0 N–H and O–H groups in total. The van der Waals surface area contributed by atoms with E-state index in [1.807, 2.05) is 0 Å². The van der Waals surface area contributed by atoms with Crippen LogP contribution in [0.5, 0.6) is 5.75 Å². The fourth-order valence-corrected chi connectivity index (χ4v) is 5.50. The molecule has 0 saturated carbocycles. The first-order valence-corrected chi connectivity index (χ1v) is 10.1. The quantitative estimate of drug-likeness (QED) is 0.658. The molecule has 0 unspecified atom stereocenters. The van der Waals surface area contributed by atoms with E-state index in [9.17, 15) is 13.2 Å². The number of ether oxygens (including phenoxy) is 2. The van der Waals surface area contributed by atoms with E-state index in [1.165, 1.54) is 17.5 Å². The number of piperidine rings is 1. The maximum Gasteiger partial charge on any atom is 0.309 e. The summed E-state index contributed by atoms with van der Waals surface area (Å²) < 4.78 is 37.9. The lowest BCUT2D eigenvalue weighted by Gasteiger charge is -2.30. The molecule has 6 nitrogen and oxygen atoms in total. The van der Waals surface area contributed by atoms with Crippen LogP contribution >= 0.6 is 27.5 Å². The van der Waals surface area contributed by atoms with Gasteiger partial charge in [0, 0.05) is 18.1 Å². The SMILES string of the molecule is CCOC(=O)C1CCN(S(=O)(=O)c2cc(Cl)cc(Br)c2OC)CC1. The van der Waals surface area contributed by atoms with Gasteiger partial charge in [-0.2, -0.15) is 4.31 Å². The second-order valence-electron chi connectivity index (χ2n) is 5.35. The smallest absolute Gasteiger partial charge is 0.309 e. The molecule has 24 heavy (non-hydrogen) atoms. The fraction of sp³-hybridized carbons (Fsp3) is 0.533. The van der Waals surface area contributed by atoms with Gasteiger partial charge in [0.1, 0.15) is 4.90 Å². The van der Waals surface area contributed by atoms with Crippen LogP contribution in [0, 0.1) is 5.92 Å². The van der Waals surface area contributed by atoms with E-state index in [-0.39, 0.29) is 35.6 Å². The Morgan fingerprint density at radius 1 is 1.38 bits per heavy atom. The van der Waals surface area contributed by atoms with Crippen LogP contribution in [0.25, 0.3) is 0 Å². The summed E-state index contributed by atoms with van der Waals surface area (Å²) in [5, 5.41) is 0.294. The molecule has 0 aromatic heterocycles. The molecule has 1 aromatic carbocycles. The third-order valence-corrected chi connectivity index (χ3v) is 6.58. The first-order chi connectivity index (χ1) is 11.3. The fourth-order valence-electron chi connectivity index (χ4n) is 2.66. The molecule has 0 radical (unpaired) electrons. The Labute approximate surface area is 155 Å². The number of hydrogen-bond acceptors (Lipinski definition) is 5. The number of benzene rings is 1. The largest absolute Gasteiger partial charge is 0.494 e. The number of esters is 1. The number of carbonyl (C=O) groups excluding carboxylic acids is 1. The highest BCUT2D eigenvalue weighted by atomic mass is 79.9. The summed E-state index contributed by atoms with van der Waals surface area (Å²) in [6, 6.07) is 2.95. The molecule has 0 bridgehead atoms. The van der Waals surface area contributed by atoms with Crippen LogP contribution in [-0.2, 0) is 19.6 Å². The molecule has 1 saturated heterocycles. The molecule has 0 aliphatic carbocycles. The van der Waals surface area contributed by atoms with Gasteiger partial charge in [0.05, 0.1) is 24.1 Å². The van der Waals surface area contributed by atoms with Crippen molar-refractivity contribution in [1.82, 2.24) is 4.31 Å². The summed E-state index contributed by atoms with van der Waals surface area (Å²) in [6.45, 7) is 2.57. The molecule has 1 fully saturated rings.